The lowest BCUT2D eigenvalue weighted by Crippen LogP contribution is -2.46. The molecule has 2 rings (SSSR count). The number of nitrogens with zero attached hydrogens (tertiary/aromatic N) is 3. The van der Waals surface area contributed by atoms with Crippen molar-refractivity contribution in [3.8, 4) is 0 Å². The number of hydrogen-bond acceptors (Lipinski definition) is 6. The predicted molar refractivity (Wildman–Crippen MR) is 121 cm³/mol. The second kappa shape index (κ2) is 11.6. The number of anilines is 2. The lowest BCUT2D eigenvalue weighted by atomic mass is 10.2. The van der Waals surface area contributed by atoms with Crippen LogP contribution in [0.15, 0.2) is 23.1 Å². The molecule has 30 heavy (non-hydrogen) atoms. The molecule has 0 unspecified atom stereocenters. The van der Waals surface area contributed by atoms with Gasteiger partial charge in [0.05, 0.1) is 29.3 Å². The fraction of sp³-hybridized carbons (Fsp3) is 0.667. The number of sulfonamides is 1. The molecule has 0 atom stereocenters. The van der Waals surface area contributed by atoms with E-state index in [1.165, 1.54) is 4.31 Å². The SMILES string of the molecule is CCOCCC(=O)Nc1cc(S(=O)(=O)N(CC)CC)ccc1N1CCN(CC)CC1. The summed E-state index contributed by atoms with van der Waals surface area (Å²) in [6, 6.07) is 5.05. The van der Waals surface area contributed by atoms with Gasteiger partial charge in [0.15, 0.2) is 0 Å². The molecule has 1 aliphatic rings. The van der Waals surface area contributed by atoms with Crippen molar-refractivity contribution in [2.45, 2.75) is 39.0 Å². The topological polar surface area (TPSA) is 82.2 Å². The minimum atomic E-state index is -3.61. The first kappa shape index (κ1) is 24.6. The van der Waals surface area contributed by atoms with Gasteiger partial charge in [0.1, 0.15) is 0 Å². The van der Waals surface area contributed by atoms with Crippen LogP contribution in [0.4, 0.5) is 11.4 Å². The molecule has 1 amide bonds. The molecule has 1 fully saturated rings. The van der Waals surface area contributed by atoms with Crippen molar-refractivity contribution >= 4 is 27.3 Å². The highest BCUT2D eigenvalue weighted by atomic mass is 32.2. The van der Waals surface area contributed by atoms with E-state index in [1.54, 1.807) is 12.1 Å². The third kappa shape index (κ3) is 6.16. The van der Waals surface area contributed by atoms with E-state index >= 15 is 0 Å². The van der Waals surface area contributed by atoms with E-state index < -0.39 is 10.0 Å². The molecule has 1 aromatic rings. The second-order valence-electron chi connectivity index (χ2n) is 7.18. The maximum absolute atomic E-state index is 13.0. The summed E-state index contributed by atoms with van der Waals surface area (Å²) in [6.07, 6.45) is 0.226. The quantitative estimate of drug-likeness (QED) is 0.532. The third-order valence-electron chi connectivity index (χ3n) is 5.42. The first-order valence-corrected chi connectivity index (χ1v) is 12.3. The molecule has 9 heteroatoms. The van der Waals surface area contributed by atoms with Crippen LogP contribution in [0.25, 0.3) is 0 Å². The van der Waals surface area contributed by atoms with E-state index in [-0.39, 0.29) is 17.2 Å². The van der Waals surface area contributed by atoms with E-state index in [4.69, 9.17) is 4.74 Å². The summed E-state index contributed by atoms with van der Waals surface area (Å²) in [7, 11) is -3.61. The molecule has 1 aromatic carbocycles. The summed E-state index contributed by atoms with van der Waals surface area (Å²) >= 11 is 0. The molecular formula is C21H36N4O4S. The van der Waals surface area contributed by atoms with Crippen LogP contribution in [0.1, 0.15) is 34.1 Å². The average Bonchev–Trinajstić information content (AvgIpc) is 2.74. The number of carbonyl (C=O) groups excluding carboxylic acids is 1. The highest BCUT2D eigenvalue weighted by molar-refractivity contribution is 7.89. The largest absolute Gasteiger partial charge is 0.381 e. The lowest BCUT2D eigenvalue weighted by molar-refractivity contribution is -0.117. The van der Waals surface area contributed by atoms with Gasteiger partial charge >= 0.3 is 0 Å². The van der Waals surface area contributed by atoms with Crippen molar-refractivity contribution in [1.29, 1.82) is 0 Å². The Balaban J connectivity index is 2.33. The highest BCUT2D eigenvalue weighted by Crippen LogP contribution is 2.31. The van der Waals surface area contributed by atoms with Crippen LogP contribution in [-0.2, 0) is 19.6 Å². The Labute approximate surface area is 181 Å². The summed E-state index contributed by atoms with van der Waals surface area (Å²) in [4.78, 5) is 17.2. The molecule has 0 spiro atoms. The van der Waals surface area contributed by atoms with Gasteiger partial charge in [0.25, 0.3) is 0 Å². The van der Waals surface area contributed by atoms with Crippen molar-refractivity contribution in [2.24, 2.45) is 0 Å². The Morgan fingerprint density at radius 1 is 1.10 bits per heavy atom. The van der Waals surface area contributed by atoms with Crippen molar-refractivity contribution in [3.63, 3.8) is 0 Å². The van der Waals surface area contributed by atoms with Crippen LogP contribution < -0.4 is 10.2 Å². The van der Waals surface area contributed by atoms with E-state index in [2.05, 4.69) is 22.0 Å². The van der Waals surface area contributed by atoms with Crippen LogP contribution >= 0.6 is 0 Å². The van der Waals surface area contributed by atoms with Gasteiger partial charge in [-0.25, -0.2) is 8.42 Å². The average molecular weight is 441 g/mol. The first-order chi connectivity index (χ1) is 14.4. The minimum Gasteiger partial charge on any atom is -0.381 e. The zero-order valence-corrected chi connectivity index (χ0v) is 19.5. The van der Waals surface area contributed by atoms with E-state index in [1.807, 2.05) is 26.8 Å². The Bertz CT molecular complexity index is 788. The summed E-state index contributed by atoms with van der Waals surface area (Å²) in [5.74, 6) is -0.186. The van der Waals surface area contributed by atoms with Crippen molar-refractivity contribution in [2.75, 3.05) is 69.2 Å². The maximum atomic E-state index is 13.0. The first-order valence-electron chi connectivity index (χ1n) is 10.9. The highest BCUT2D eigenvalue weighted by Gasteiger charge is 2.25. The lowest BCUT2D eigenvalue weighted by Gasteiger charge is -2.36. The normalized spacial score (nSPS) is 15.6. The monoisotopic (exact) mass is 440 g/mol. The smallest absolute Gasteiger partial charge is 0.243 e. The molecule has 1 aliphatic heterocycles. The van der Waals surface area contributed by atoms with Gasteiger partial charge < -0.3 is 19.9 Å². The Morgan fingerprint density at radius 3 is 2.33 bits per heavy atom. The number of nitrogens with one attached hydrogen (secondary N) is 1. The van der Waals surface area contributed by atoms with Gasteiger partial charge in [-0.15, -0.1) is 0 Å². The molecule has 0 saturated carbocycles. The number of hydrogen-bond donors (Lipinski definition) is 1. The number of likely N-dealkylation sites (N-methyl/N-ethyl adjacent to an activating group) is 1. The molecule has 0 radical (unpaired) electrons. The Kier molecular flexibility index (Phi) is 9.54. The van der Waals surface area contributed by atoms with E-state index in [9.17, 15) is 13.2 Å². The van der Waals surface area contributed by atoms with Crippen LogP contribution in [0.3, 0.4) is 0 Å². The van der Waals surface area contributed by atoms with Gasteiger partial charge in [0.2, 0.25) is 15.9 Å². The van der Waals surface area contributed by atoms with Crippen LogP contribution in [-0.4, -0.2) is 82.6 Å². The van der Waals surface area contributed by atoms with Crippen molar-refractivity contribution < 1.29 is 17.9 Å². The molecule has 0 bridgehead atoms. The fourth-order valence-electron chi connectivity index (χ4n) is 3.59. The zero-order valence-electron chi connectivity index (χ0n) is 18.7. The van der Waals surface area contributed by atoms with Gasteiger partial charge in [-0.05, 0) is 31.7 Å². The molecule has 8 nitrogen and oxygen atoms in total. The summed E-state index contributed by atoms with van der Waals surface area (Å²) < 4.78 is 32.7. The van der Waals surface area contributed by atoms with E-state index in [0.29, 0.717) is 32.0 Å². The minimum absolute atomic E-state index is 0.186. The van der Waals surface area contributed by atoms with Crippen LogP contribution in [0.5, 0.6) is 0 Å². The molecule has 0 aliphatic carbocycles. The van der Waals surface area contributed by atoms with Crippen molar-refractivity contribution in [1.82, 2.24) is 9.21 Å². The predicted octanol–water partition coefficient (Wildman–Crippen LogP) is 2.22. The number of amides is 1. The second-order valence-corrected chi connectivity index (χ2v) is 9.12. The number of rotatable bonds is 11. The third-order valence-corrected chi connectivity index (χ3v) is 7.47. The molecule has 0 aromatic heterocycles. The maximum Gasteiger partial charge on any atom is 0.243 e. The Hall–Kier alpha value is -1.68. The number of ether oxygens (including phenoxy) is 1. The number of carbonyl (C=O) groups is 1. The van der Waals surface area contributed by atoms with Gasteiger partial charge in [-0.3, -0.25) is 4.79 Å². The summed E-state index contributed by atoms with van der Waals surface area (Å²) in [5.41, 5.74) is 1.39. The van der Waals surface area contributed by atoms with Gasteiger partial charge in [-0.1, -0.05) is 20.8 Å². The van der Waals surface area contributed by atoms with Gasteiger partial charge in [-0.2, -0.15) is 4.31 Å². The summed E-state index contributed by atoms with van der Waals surface area (Å²) in [6.45, 7) is 13.9. The van der Waals surface area contributed by atoms with E-state index in [0.717, 1.165) is 38.4 Å². The van der Waals surface area contributed by atoms with Crippen molar-refractivity contribution in [3.05, 3.63) is 18.2 Å². The number of benzene rings is 1. The molecule has 1 N–H and O–H groups in total. The molecule has 1 heterocycles. The summed E-state index contributed by atoms with van der Waals surface area (Å²) in [5, 5.41) is 2.92. The van der Waals surface area contributed by atoms with Crippen LogP contribution in [0, 0.1) is 0 Å². The van der Waals surface area contributed by atoms with Crippen LogP contribution in [0.2, 0.25) is 0 Å². The molecule has 170 valence electrons. The fourth-order valence-corrected chi connectivity index (χ4v) is 5.08. The standard InChI is InChI=1S/C21H36N4O4S/c1-5-23-12-14-24(15-13-23)20-10-9-18(30(27,28)25(6-2)7-3)17-19(20)22-21(26)11-16-29-8-4/h9-10,17H,5-8,11-16H2,1-4H3,(H,22,26). The number of piperazine rings is 1. The molecular weight excluding hydrogens is 404 g/mol. The zero-order chi connectivity index (χ0) is 22.1. The Morgan fingerprint density at radius 2 is 1.77 bits per heavy atom. The van der Waals surface area contributed by atoms with Gasteiger partial charge in [0, 0.05) is 45.9 Å². The molecule has 1 saturated heterocycles.